The first-order valence-electron chi connectivity index (χ1n) is 8.74. The molecule has 4 heterocycles. The van der Waals surface area contributed by atoms with Crippen molar-refractivity contribution in [2.45, 2.75) is 39.0 Å². The molecule has 134 valence electrons. The van der Waals surface area contributed by atoms with E-state index in [4.69, 9.17) is 0 Å². The number of hydrogen-bond donors (Lipinski definition) is 2. The van der Waals surface area contributed by atoms with Gasteiger partial charge in [0.2, 0.25) is 0 Å². The summed E-state index contributed by atoms with van der Waals surface area (Å²) in [5.41, 5.74) is 3.18. The molecule has 4 aromatic heterocycles. The number of hydrogen-bond acceptors (Lipinski definition) is 2. The van der Waals surface area contributed by atoms with E-state index in [1.165, 1.54) is 0 Å². The number of fused-ring (bicyclic) bond motifs is 2. The summed E-state index contributed by atoms with van der Waals surface area (Å²) in [6, 6.07) is 6.79. The lowest BCUT2D eigenvalue weighted by Gasteiger charge is -2.27. The van der Waals surface area contributed by atoms with Crippen LogP contribution in [0.4, 0.5) is 0 Å². The average Bonchev–Trinajstić information content (AvgIpc) is 3.21. The molecule has 0 atom stereocenters. The molecule has 0 amide bonds. The van der Waals surface area contributed by atoms with Crippen LogP contribution in [0.15, 0.2) is 52.4 Å². The zero-order valence-corrected chi connectivity index (χ0v) is 15.3. The zero-order chi connectivity index (χ0) is 18.6. The minimum absolute atomic E-state index is 0.0149. The van der Waals surface area contributed by atoms with Crippen molar-refractivity contribution in [3.63, 3.8) is 0 Å². The monoisotopic (exact) mass is 350 g/mol. The second-order valence-corrected chi connectivity index (χ2v) is 7.56. The van der Waals surface area contributed by atoms with E-state index in [2.05, 4.69) is 23.9 Å². The highest BCUT2D eigenvalue weighted by Crippen LogP contribution is 2.32. The van der Waals surface area contributed by atoms with Crippen LogP contribution in [0.25, 0.3) is 11.2 Å². The van der Waals surface area contributed by atoms with Crippen molar-refractivity contribution in [3.8, 4) is 0 Å². The molecule has 0 saturated heterocycles. The number of H-pyrrole nitrogens is 2. The Morgan fingerprint density at radius 3 is 2.58 bits per heavy atom. The van der Waals surface area contributed by atoms with E-state index in [1.807, 2.05) is 41.2 Å². The number of aromatic amines is 2. The molecular weight excluding hydrogens is 328 g/mol. The van der Waals surface area contributed by atoms with Crippen LogP contribution in [0.3, 0.4) is 0 Å². The molecule has 0 aliphatic rings. The number of imidazole rings is 1. The van der Waals surface area contributed by atoms with Gasteiger partial charge in [-0.1, -0.05) is 13.8 Å². The molecule has 6 heteroatoms. The molecular formula is C20H22N4O2. The van der Waals surface area contributed by atoms with Crippen LogP contribution in [-0.4, -0.2) is 19.0 Å². The first-order chi connectivity index (χ1) is 12.3. The fraction of sp³-hybridized carbons (Fsp3) is 0.300. The quantitative estimate of drug-likeness (QED) is 0.596. The predicted octanol–water partition coefficient (Wildman–Crippen LogP) is 3.02. The normalized spacial score (nSPS) is 12.5. The van der Waals surface area contributed by atoms with Crippen LogP contribution in [0.2, 0.25) is 0 Å². The maximum Gasteiger partial charge on any atom is 0.186 e. The molecule has 0 aromatic carbocycles. The third-order valence-corrected chi connectivity index (χ3v) is 5.11. The Morgan fingerprint density at radius 1 is 1.08 bits per heavy atom. The third-order valence-electron chi connectivity index (χ3n) is 5.11. The van der Waals surface area contributed by atoms with Crippen molar-refractivity contribution < 1.29 is 0 Å². The van der Waals surface area contributed by atoms with Gasteiger partial charge in [-0.15, -0.1) is 0 Å². The Morgan fingerprint density at radius 2 is 1.85 bits per heavy atom. The van der Waals surface area contributed by atoms with Crippen molar-refractivity contribution in [3.05, 3.63) is 80.3 Å². The fourth-order valence-corrected chi connectivity index (χ4v) is 3.85. The maximum absolute atomic E-state index is 13.1. The molecule has 0 unspecified atom stereocenters. The van der Waals surface area contributed by atoms with E-state index >= 15 is 0 Å². The minimum atomic E-state index is -0.661. The number of aromatic nitrogens is 4. The van der Waals surface area contributed by atoms with Gasteiger partial charge in [-0.25, -0.2) is 0 Å². The van der Waals surface area contributed by atoms with Gasteiger partial charge in [-0.05, 0) is 25.8 Å². The Hall–Kier alpha value is -3.02. The molecule has 4 rings (SSSR count). The summed E-state index contributed by atoms with van der Waals surface area (Å²) in [5.74, 6) is 0.210. The summed E-state index contributed by atoms with van der Waals surface area (Å²) in [7, 11) is 0. The average molecular weight is 350 g/mol. The van der Waals surface area contributed by atoms with Gasteiger partial charge in [0.1, 0.15) is 5.65 Å². The molecule has 0 bridgehead atoms. The summed E-state index contributed by atoms with van der Waals surface area (Å²) in [4.78, 5) is 28.4. The van der Waals surface area contributed by atoms with Crippen LogP contribution in [0.5, 0.6) is 0 Å². The van der Waals surface area contributed by atoms with Gasteiger partial charge >= 0.3 is 0 Å². The molecule has 0 saturated carbocycles. The second-order valence-electron chi connectivity index (χ2n) is 7.56. The first kappa shape index (κ1) is 16.4. The lowest BCUT2D eigenvalue weighted by Crippen LogP contribution is -2.32. The van der Waals surface area contributed by atoms with E-state index in [9.17, 15) is 9.59 Å². The van der Waals surface area contributed by atoms with Gasteiger partial charge in [0, 0.05) is 59.2 Å². The van der Waals surface area contributed by atoms with Gasteiger partial charge in [-0.2, -0.15) is 0 Å². The van der Waals surface area contributed by atoms with Crippen molar-refractivity contribution in [2.24, 2.45) is 0 Å². The molecule has 2 N–H and O–H groups in total. The predicted molar refractivity (Wildman–Crippen MR) is 102 cm³/mol. The largest absolute Gasteiger partial charge is 0.346 e. The van der Waals surface area contributed by atoms with E-state index in [1.54, 1.807) is 24.4 Å². The van der Waals surface area contributed by atoms with Crippen molar-refractivity contribution >= 4 is 11.2 Å². The molecule has 4 aromatic rings. The van der Waals surface area contributed by atoms with E-state index in [-0.39, 0.29) is 16.8 Å². The van der Waals surface area contributed by atoms with Gasteiger partial charge in [0.15, 0.2) is 10.9 Å². The van der Waals surface area contributed by atoms with Crippen molar-refractivity contribution in [2.75, 3.05) is 0 Å². The Bertz CT molecular complexity index is 1230. The smallest absolute Gasteiger partial charge is 0.186 e. The molecule has 0 aliphatic heterocycles. The van der Waals surface area contributed by atoms with E-state index in [0.717, 1.165) is 16.9 Å². The van der Waals surface area contributed by atoms with Gasteiger partial charge < -0.3 is 14.5 Å². The molecule has 0 fully saturated rings. The summed E-state index contributed by atoms with van der Waals surface area (Å²) < 4.78 is 3.89. The van der Waals surface area contributed by atoms with Crippen LogP contribution in [0.1, 0.15) is 50.6 Å². The van der Waals surface area contributed by atoms with E-state index < -0.39 is 5.41 Å². The summed E-state index contributed by atoms with van der Waals surface area (Å²) in [5, 5.41) is 3.21. The molecule has 0 aliphatic carbocycles. The summed E-state index contributed by atoms with van der Waals surface area (Å²) in [6.45, 7) is 8.10. The first-order valence-corrected chi connectivity index (χ1v) is 8.74. The summed E-state index contributed by atoms with van der Waals surface area (Å²) >= 11 is 0. The Labute approximate surface area is 150 Å². The van der Waals surface area contributed by atoms with Gasteiger partial charge in [0.05, 0.1) is 5.52 Å². The third kappa shape index (κ3) is 2.25. The maximum atomic E-state index is 13.1. The molecule has 6 nitrogen and oxygen atoms in total. The van der Waals surface area contributed by atoms with E-state index in [0.29, 0.717) is 11.2 Å². The van der Waals surface area contributed by atoms with Crippen LogP contribution in [0, 0.1) is 0 Å². The van der Waals surface area contributed by atoms with Gasteiger partial charge in [-0.3, -0.25) is 14.1 Å². The molecule has 26 heavy (non-hydrogen) atoms. The highest BCUT2D eigenvalue weighted by atomic mass is 16.1. The highest BCUT2D eigenvalue weighted by molar-refractivity contribution is 5.61. The SMILES string of the molecule is CC(C)c1cc(=O)c(C(C)(C)c2cc(=O)cc3[nH]ccn23)c2cc[nH]n12. The van der Waals surface area contributed by atoms with Crippen LogP contribution < -0.4 is 10.9 Å². The van der Waals surface area contributed by atoms with Crippen LogP contribution in [-0.2, 0) is 5.41 Å². The number of rotatable bonds is 3. The molecule has 0 spiro atoms. The van der Waals surface area contributed by atoms with Crippen molar-refractivity contribution in [1.29, 1.82) is 0 Å². The Kier molecular flexibility index (Phi) is 3.47. The second kappa shape index (κ2) is 5.49. The number of nitrogens with one attached hydrogen (secondary N) is 2. The fourth-order valence-electron chi connectivity index (χ4n) is 3.85. The minimum Gasteiger partial charge on any atom is -0.346 e. The van der Waals surface area contributed by atoms with Crippen molar-refractivity contribution in [1.82, 2.24) is 19.0 Å². The lowest BCUT2D eigenvalue weighted by molar-refractivity contribution is 0.600. The topological polar surface area (TPSA) is 74.5 Å². The van der Waals surface area contributed by atoms with Crippen LogP contribution >= 0.6 is 0 Å². The molecule has 0 radical (unpaired) electrons. The lowest BCUT2D eigenvalue weighted by atomic mass is 9.80. The summed E-state index contributed by atoms with van der Waals surface area (Å²) in [6.07, 6.45) is 5.50. The number of nitrogens with zero attached hydrogens (tertiary/aromatic N) is 2. The van der Waals surface area contributed by atoms with Gasteiger partial charge in [0.25, 0.3) is 0 Å². The Balaban J connectivity index is 2.09. The number of pyridine rings is 2. The zero-order valence-electron chi connectivity index (χ0n) is 15.3. The standard InChI is InChI=1S/C20H22N4O2/c1-12(2)15-11-16(26)19(14-5-6-22-24(14)15)20(3,4)17-9-13(25)10-18-21-7-8-23(17)18/h5-12,21-22H,1-4H3. The highest BCUT2D eigenvalue weighted by Gasteiger charge is 2.32.